The van der Waals surface area contributed by atoms with E-state index in [1.54, 1.807) is 0 Å². The number of likely N-dealkylation sites (N-methyl/N-ethyl adjacent to an activating group) is 1. The Bertz CT molecular complexity index is 44.5. The first kappa shape index (κ1) is 12.6. The Kier molecular flexibility index (Phi) is 14.7. The van der Waals surface area contributed by atoms with Crippen LogP contribution in [0.4, 0.5) is 0 Å². The first-order valence-corrected chi connectivity index (χ1v) is 4.15. The van der Waals surface area contributed by atoms with Gasteiger partial charge in [-0.25, -0.2) is 0 Å². The molecule has 0 unspecified atom stereocenters. The number of hydrogen-bond donors (Lipinski definition) is 2. The van der Waals surface area contributed by atoms with E-state index in [4.69, 9.17) is 0 Å². The smallest absolute Gasteiger partial charge is 0.00789 e. The van der Waals surface area contributed by atoms with Crippen LogP contribution >= 0.6 is 0 Å². The number of nitrogens with one attached hydrogen (secondary N) is 2. The normalized spacial score (nSPS) is 9.00. The summed E-state index contributed by atoms with van der Waals surface area (Å²) in [5, 5.41) is 6.34. The lowest BCUT2D eigenvalue weighted by Crippen LogP contribution is -2.29. The Balaban J connectivity index is 0. The van der Waals surface area contributed by atoms with Gasteiger partial charge in [-0.15, -0.1) is 0 Å². The van der Waals surface area contributed by atoms with Crippen molar-refractivity contribution in [2.45, 2.75) is 33.7 Å². The van der Waals surface area contributed by atoms with Crippen molar-refractivity contribution in [1.82, 2.24) is 10.6 Å². The van der Waals surface area contributed by atoms with Gasteiger partial charge < -0.3 is 10.6 Å². The van der Waals surface area contributed by atoms with Crippen LogP contribution in [0.5, 0.6) is 0 Å². The third-order valence-electron chi connectivity index (χ3n) is 0.928. The Morgan fingerprint density at radius 1 is 1.10 bits per heavy atom. The van der Waals surface area contributed by atoms with Crippen molar-refractivity contribution in [3.05, 3.63) is 0 Å². The van der Waals surface area contributed by atoms with Gasteiger partial charge in [-0.05, 0) is 7.05 Å². The maximum Gasteiger partial charge on any atom is 0.00789 e. The van der Waals surface area contributed by atoms with Gasteiger partial charge in [0, 0.05) is 19.1 Å². The Morgan fingerprint density at radius 2 is 1.60 bits per heavy atom. The summed E-state index contributed by atoms with van der Waals surface area (Å²) in [6.07, 6.45) is 0. The van der Waals surface area contributed by atoms with Crippen molar-refractivity contribution >= 4 is 0 Å². The average molecular weight is 146 g/mol. The van der Waals surface area contributed by atoms with E-state index < -0.39 is 0 Å². The lowest BCUT2D eigenvalue weighted by Gasteiger charge is -2.05. The second kappa shape index (κ2) is 11.7. The van der Waals surface area contributed by atoms with Crippen molar-refractivity contribution in [1.29, 1.82) is 0 Å². The molecule has 0 atom stereocenters. The quantitative estimate of drug-likeness (QED) is 0.583. The molecule has 0 aliphatic heterocycles. The molecule has 0 aromatic carbocycles. The van der Waals surface area contributed by atoms with Crippen molar-refractivity contribution in [2.75, 3.05) is 20.1 Å². The Hall–Kier alpha value is -0.0800. The zero-order valence-corrected chi connectivity index (χ0v) is 7.99. The minimum atomic E-state index is 0.614. The molecule has 0 saturated carbocycles. The molecule has 2 nitrogen and oxygen atoms in total. The molecule has 0 heterocycles. The third kappa shape index (κ3) is 15.7. The van der Waals surface area contributed by atoms with E-state index >= 15 is 0 Å². The van der Waals surface area contributed by atoms with Gasteiger partial charge in [-0.1, -0.05) is 27.7 Å². The molecule has 64 valence electrons. The zero-order chi connectivity index (χ0) is 8.41. The van der Waals surface area contributed by atoms with Crippen molar-refractivity contribution in [3.8, 4) is 0 Å². The molecule has 0 saturated heterocycles. The van der Waals surface area contributed by atoms with Gasteiger partial charge in [0.25, 0.3) is 0 Å². The molecule has 0 aliphatic carbocycles. The van der Waals surface area contributed by atoms with Crippen LogP contribution in [0.2, 0.25) is 0 Å². The molecule has 0 aromatic heterocycles. The highest BCUT2D eigenvalue weighted by Crippen LogP contribution is 1.71. The monoisotopic (exact) mass is 146 g/mol. The largest absolute Gasteiger partial charge is 0.318 e. The van der Waals surface area contributed by atoms with Gasteiger partial charge in [0.1, 0.15) is 0 Å². The molecular weight excluding hydrogens is 124 g/mol. The predicted octanol–water partition coefficient (Wildman–Crippen LogP) is 1.23. The maximum absolute atomic E-state index is 3.28. The fourth-order valence-electron chi connectivity index (χ4n) is 0.486. The fourth-order valence-corrected chi connectivity index (χ4v) is 0.486. The predicted molar refractivity (Wildman–Crippen MR) is 48.4 cm³/mol. The summed E-state index contributed by atoms with van der Waals surface area (Å²) in [6, 6.07) is 0.614. The van der Waals surface area contributed by atoms with Crippen LogP contribution in [-0.2, 0) is 0 Å². The fraction of sp³-hybridized carbons (Fsp3) is 1.00. The van der Waals surface area contributed by atoms with E-state index in [0.29, 0.717) is 6.04 Å². The zero-order valence-electron chi connectivity index (χ0n) is 7.99. The minimum Gasteiger partial charge on any atom is -0.318 e. The highest BCUT2D eigenvalue weighted by atomic mass is 14.9. The van der Waals surface area contributed by atoms with Crippen LogP contribution in [0, 0.1) is 0 Å². The first-order valence-electron chi connectivity index (χ1n) is 4.15. The second-order valence-electron chi connectivity index (χ2n) is 2.21. The molecular formula is C8H22N2. The van der Waals surface area contributed by atoms with E-state index in [1.807, 2.05) is 20.9 Å². The van der Waals surface area contributed by atoms with Gasteiger partial charge in [-0.3, -0.25) is 0 Å². The molecule has 0 bridgehead atoms. The van der Waals surface area contributed by atoms with Crippen LogP contribution < -0.4 is 10.6 Å². The highest BCUT2D eigenvalue weighted by Gasteiger charge is 1.87. The molecule has 0 radical (unpaired) electrons. The summed E-state index contributed by atoms with van der Waals surface area (Å²) in [7, 11) is 1.96. The SMILES string of the molecule is CC.CNCCNC(C)C. The van der Waals surface area contributed by atoms with Crippen LogP contribution in [0.3, 0.4) is 0 Å². The van der Waals surface area contributed by atoms with E-state index in [1.165, 1.54) is 0 Å². The van der Waals surface area contributed by atoms with Crippen LogP contribution in [-0.4, -0.2) is 26.2 Å². The first-order chi connectivity index (χ1) is 4.77. The van der Waals surface area contributed by atoms with Gasteiger partial charge in [0.15, 0.2) is 0 Å². The Morgan fingerprint density at radius 3 is 1.90 bits per heavy atom. The van der Waals surface area contributed by atoms with Crippen LogP contribution in [0.25, 0.3) is 0 Å². The maximum atomic E-state index is 3.28. The van der Waals surface area contributed by atoms with Gasteiger partial charge in [0.05, 0.1) is 0 Å². The highest BCUT2D eigenvalue weighted by molar-refractivity contribution is 4.52. The number of rotatable bonds is 4. The van der Waals surface area contributed by atoms with Gasteiger partial charge >= 0.3 is 0 Å². The lowest BCUT2D eigenvalue weighted by molar-refractivity contribution is 0.574. The summed E-state index contributed by atoms with van der Waals surface area (Å²) in [5.74, 6) is 0. The van der Waals surface area contributed by atoms with E-state index in [9.17, 15) is 0 Å². The van der Waals surface area contributed by atoms with E-state index in [0.717, 1.165) is 13.1 Å². The molecule has 0 amide bonds. The molecule has 0 fully saturated rings. The van der Waals surface area contributed by atoms with Crippen molar-refractivity contribution < 1.29 is 0 Å². The minimum absolute atomic E-state index is 0.614. The summed E-state index contributed by atoms with van der Waals surface area (Å²) in [5.41, 5.74) is 0. The summed E-state index contributed by atoms with van der Waals surface area (Å²) in [6.45, 7) is 10.4. The summed E-state index contributed by atoms with van der Waals surface area (Å²) >= 11 is 0. The Labute approximate surface area is 65.4 Å². The van der Waals surface area contributed by atoms with E-state index in [-0.39, 0.29) is 0 Å². The lowest BCUT2D eigenvalue weighted by atomic mass is 10.4. The van der Waals surface area contributed by atoms with Crippen LogP contribution in [0.15, 0.2) is 0 Å². The van der Waals surface area contributed by atoms with Gasteiger partial charge in [-0.2, -0.15) is 0 Å². The van der Waals surface area contributed by atoms with Gasteiger partial charge in [0.2, 0.25) is 0 Å². The summed E-state index contributed by atoms with van der Waals surface area (Å²) in [4.78, 5) is 0. The number of hydrogen-bond acceptors (Lipinski definition) is 2. The topological polar surface area (TPSA) is 24.1 Å². The molecule has 2 N–H and O–H groups in total. The van der Waals surface area contributed by atoms with Crippen molar-refractivity contribution in [2.24, 2.45) is 0 Å². The van der Waals surface area contributed by atoms with E-state index in [2.05, 4.69) is 24.5 Å². The molecule has 0 aliphatic rings. The molecule has 0 aromatic rings. The molecule has 0 spiro atoms. The molecule has 0 rings (SSSR count). The molecule has 10 heavy (non-hydrogen) atoms. The second-order valence-corrected chi connectivity index (χ2v) is 2.21. The van der Waals surface area contributed by atoms with Crippen LogP contribution in [0.1, 0.15) is 27.7 Å². The molecule has 2 heteroatoms. The van der Waals surface area contributed by atoms with Crippen molar-refractivity contribution in [3.63, 3.8) is 0 Å². The average Bonchev–Trinajstić information content (AvgIpc) is 1.92. The standard InChI is InChI=1S/C6H16N2.C2H6/c1-6(2)8-5-4-7-3;1-2/h6-8H,4-5H2,1-3H3;1-2H3. The summed E-state index contributed by atoms with van der Waals surface area (Å²) < 4.78 is 0. The third-order valence-corrected chi connectivity index (χ3v) is 0.928.